The Balaban J connectivity index is 1.70. The standard InChI is InChI=1S/C20H19N3O/c21-20-17(11-9-14-6-3-7-18(24)19(14)20)23-22-16-10-8-13-4-1-2-5-15(13)12-16/h3,6-12,24H,1-2,4-5,21H2. The maximum absolute atomic E-state index is 10.0. The molecular formula is C20H19N3O. The number of fused-ring (bicyclic) bond motifs is 2. The first-order chi connectivity index (χ1) is 11.7. The molecule has 0 radical (unpaired) electrons. The molecule has 0 saturated carbocycles. The number of anilines is 1. The van der Waals surface area contributed by atoms with Gasteiger partial charge in [-0.1, -0.05) is 24.3 Å². The van der Waals surface area contributed by atoms with Crippen molar-refractivity contribution in [2.45, 2.75) is 25.7 Å². The molecule has 0 amide bonds. The zero-order chi connectivity index (χ0) is 16.5. The minimum absolute atomic E-state index is 0.163. The van der Waals surface area contributed by atoms with Gasteiger partial charge in [0.25, 0.3) is 0 Å². The monoisotopic (exact) mass is 317 g/mol. The van der Waals surface area contributed by atoms with E-state index in [1.165, 1.54) is 24.0 Å². The van der Waals surface area contributed by atoms with Crippen LogP contribution in [-0.4, -0.2) is 5.11 Å². The number of nitrogens with two attached hydrogens (primary N) is 1. The summed E-state index contributed by atoms with van der Waals surface area (Å²) >= 11 is 0. The SMILES string of the molecule is Nc1c(N=Nc2ccc3c(c2)CCCC3)ccc2cccc(O)c12. The fourth-order valence-electron chi connectivity index (χ4n) is 3.36. The molecule has 3 aromatic rings. The summed E-state index contributed by atoms with van der Waals surface area (Å²) in [6.45, 7) is 0. The molecule has 0 bridgehead atoms. The van der Waals surface area contributed by atoms with Gasteiger partial charge < -0.3 is 10.8 Å². The molecule has 3 N–H and O–H groups in total. The lowest BCUT2D eigenvalue weighted by Crippen LogP contribution is -2.01. The summed E-state index contributed by atoms with van der Waals surface area (Å²) in [7, 11) is 0. The van der Waals surface area contributed by atoms with Crippen molar-refractivity contribution in [1.29, 1.82) is 0 Å². The Hall–Kier alpha value is -2.88. The van der Waals surface area contributed by atoms with E-state index >= 15 is 0 Å². The van der Waals surface area contributed by atoms with Crippen molar-refractivity contribution in [3.05, 3.63) is 59.7 Å². The summed E-state index contributed by atoms with van der Waals surface area (Å²) in [5.74, 6) is 0.163. The minimum atomic E-state index is 0.163. The Morgan fingerprint density at radius 2 is 1.71 bits per heavy atom. The Morgan fingerprint density at radius 1 is 0.875 bits per heavy atom. The molecule has 0 unspecified atom stereocenters. The molecule has 4 rings (SSSR count). The van der Waals surface area contributed by atoms with Crippen LogP contribution < -0.4 is 5.73 Å². The molecular weight excluding hydrogens is 298 g/mol. The fourth-order valence-corrected chi connectivity index (χ4v) is 3.36. The predicted molar refractivity (Wildman–Crippen MR) is 97.3 cm³/mol. The van der Waals surface area contributed by atoms with Crippen molar-refractivity contribution in [1.82, 2.24) is 0 Å². The van der Waals surface area contributed by atoms with E-state index in [9.17, 15) is 5.11 Å². The van der Waals surface area contributed by atoms with Crippen LogP contribution in [0.1, 0.15) is 24.0 Å². The van der Waals surface area contributed by atoms with Gasteiger partial charge >= 0.3 is 0 Å². The van der Waals surface area contributed by atoms with Crippen LogP contribution in [0.5, 0.6) is 5.75 Å². The second-order valence-electron chi connectivity index (χ2n) is 6.23. The van der Waals surface area contributed by atoms with E-state index in [1.807, 2.05) is 24.3 Å². The van der Waals surface area contributed by atoms with Gasteiger partial charge in [0.2, 0.25) is 0 Å². The summed E-state index contributed by atoms with van der Waals surface area (Å²) in [5, 5.41) is 20.2. The smallest absolute Gasteiger partial charge is 0.125 e. The quantitative estimate of drug-likeness (QED) is 0.489. The number of benzene rings is 3. The van der Waals surface area contributed by atoms with Gasteiger partial charge in [-0.15, -0.1) is 5.11 Å². The molecule has 0 heterocycles. The number of aromatic hydroxyl groups is 1. The average molecular weight is 317 g/mol. The van der Waals surface area contributed by atoms with Crippen LogP contribution in [0.25, 0.3) is 10.8 Å². The molecule has 0 atom stereocenters. The van der Waals surface area contributed by atoms with Gasteiger partial charge in [0.1, 0.15) is 11.4 Å². The molecule has 1 aliphatic carbocycles. The molecule has 0 aromatic heterocycles. The third-order valence-electron chi connectivity index (χ3n) is 4.65. The molecule has 0 fully saturated rings. The molecule has 0 aliphatic heterocycles. The summed E-state index contributed by atoms with van der Waals surface area (Å²) in [6.07, 6.45) is 4.78. The van der Waals surface area contributed by atoms with E-state index in [1.54, 1.807) is 12.1 Å². The van der Waals surface area contributed by atoms with Crippen LogP contribution in [-0.2, 0) is 12.8 Å². The molecule has 4 heteroatoms. The van der Waals surface area contributed by atoms with E-state index in [0.29, 0.717) is 16.8 Å². The number of hydrogen-bond donors (Lipinski definition) is 2. The van der Waals surface area contributed by atoms with Crippen molar-refractivity contribution >= 4 is 27.8 Å². The van der Waals surface area contributed by atoms with Crippen molar-refractivity contribution in [3.8, 4) is 5.75 Å². The molecule has 4 nitrogen and oxygen atoms in total. The van der Waals surface area contributed by atoms with Crippen molar-refractivity contribution in [3.63, 3.8) is 0 Å². The van der Waals surface area contributed by atoms with Crippen molar-refractivity contribution in [2.75, 3.05) is 5.73 Å². The normalized spacial score (nSPS) is 14.2. The fraction of sp³-hybridized carbons (Fsp3) is 0.200. The molecule has 0 spiro atoms. The number of phenols is 1. The van der Waals surface area contributed by atoms with Crippen LogP contribution >= 0.6 is 0 Å². The van der Waals surface area contributed by atoms with Crippen LogP contribution in [0.3, 0.4) is 0 Å². The Labute approximate surface area is 140 Å². The van der Waals surface area contributed by atoms with E-state index < -0.39 is 0 Å². The number of phenolic OH excluding ortho intramolecular Hbond substituents is 1. The van der Waals surface area contributed by atoms with Gasteiger partial charge in [0.15, 0.2) is 0 Å². The lowest BCUT2D eigenvalue weighted by atomic mass is 9.91. The third-order valence-corrected chi connectivity index (χ3v) is 4.65. The van der Waals surface area contributed by atoms with Crippen LogP contribution in [0, 0.1) is 0 Å². The highest BCUT2D eigenvalue weighted by Gasteiger charge is 2.10. The maximum atomic E-state index is 10.0. The number of nitrogen functional groups attached to an aromatic ring is 1. The topological polar surface area (TPSA) is 71.0 Å². The predicted octanol–water partition coefficient (Wildman–Crippen LogP) is 5.42. The highest BCUT2D eigenvalue weighted by Crippen LogP contribution is 2.37. The number of aryl methyl sites for hydroxylation is 2. The molecule has 24 heavy (non-hydrogen) atoms. The van der Waals surface area contributed by atoms with Gasteiger partial charge in [-0.3, -0.25) is 0 Å². The number of nitrogens with zero attached hydrogens (tertiary/aromatic N) is 2. The molecule has 0 saturated heterocycles. The third kappa shape index (κ3) is 2.60. The van der Waals surface area contributed by atoms with E-state index in [2.05, 4.69) is 22.4 Å². The van der Waals surface area contributed by atoms with Gasteiger partial charge in [0, 0.05) is 5.39 Å². The average Bonchev–Trinajstić information content (AvgIpc) is 2.61. The molecule has 120 valence electrons. The maximum Gasteiger partial charge on any atom is 0.125 e. The summed E-state index contributed by atoms with van der Waals surface area (Å²) in [5.41, 5.74) is 10.8. The minimum Gasteiger partial charge on any atom is -0.507 e. The van der Waals surface area contributed by atoms with Crippen molar-refractivity contribution < 1.29 is 5.11 Å². The van der Waals surface area contributed by atoms with Gasteiger partial charge in [0.05, 0.1) is 11.4 Å². The van der Waals surface area contributed by atoms with E-state index in [4.69, 9.17) is 5.73 Å². The van der Waals surface area contributed by atoms with Crippen LogP contribution in [0.4, 0.5) is 17.1 Å². The number of rotatable bonds is 2. The Morgan fingerprint density at radius 3 is 2.58 bits per heavy atom. The molecule has 1 aliphatic rings. The number of hydrogen-bond acceptors (Lipinski definition) is 4. The second kappa shape index (κ2) is 5.96. The zero-order valence-electron chi connectivity index (χ0n) is 13.4. The molecule has 3 aromatic carbocycles. The van der Waals surface area contributed by atoms with Crippen molar-refractivity contribution in [2.24, 2.45) is 10.2 Å². The summed E-state index contributed by atoms with van der Waals surface area (Å²) in [4.78, 5) is 0. The Kier molecular flexibility index (Phi) is 3.65. The second-order valence-corrected chi connectivity index (χ2v) is 6.23. The van der Waals surface area contributed by atoms with Gasteiger partial charge in [-0.25, -0.2) is 0 Å². The Bertz CT molecular complexity index is 947. The highest BCUT2D eigenvalue weighted by molar-refractivity contribution is 6.02. The number of azo groups is 1. The first-order valence-corrected chi connectivity index (χ1v) is 8.26. The highest BCUT2D eigenvalue weighted by atomic mass is 16.3. The first kappa shape index (κ1) is 14.7. The zero-order valence-corrected chi connectivity index (χ0v) is 13.4. The van der Waals surface area contributed by atoms with Crippen LogP contribution in [0.15, 0.2) is 58.8 Å². The largest absolute Gasteiger partial charge is 0.507 e. The lowest BCUT2D eigenvalue weighted by molar-refractivity contribution is 0.482. The summed E-state index contributed by atoms with van der Waals surface area (Å²) < 4.78 is 0. The van der Waals surface area contributed by atoms with Crippen LogP contribution in [0.2, 0.25) is 0 Å². The van der Waals surface area contributed by atoms with Gasteiger partial charge in [-0.2, -0.15) is 5.11 Å². The van der Waals surface area contributed by atoms with Gasteiger partial charge in [-0.05, 0) is 66.5 Å². The first-order valence-electron chi connectivity index (χ1n) is 8.26. The summed E-state index contributed by atoms with van der Waals surface area (Å²) in [6, 6.07) is 15.3. The van der Waals surface area contributed by atoms with E-state index in [-0.39, 0.29) is 5.75 Å². The lowest BCUT2D eigenvalue weighted by Gasteiger charge is -2.15. The van der Waals surface area contributed by atoms with E-state index in [0.717, 1.165) is 23.9 Å².